The number of nitrogens with zero attached hydrogens (tertiary/aromatic N) is 2. The first-order valence-electron chi connectivity index (χ1n) is 6.11. The second kappa shape index (κ2) is 5.55. The number of nitro groups is 1. The Kier molecular flexibility index (Phi) is 3.84. The van der Waals surface area contributed by atoms with E-state index < -0.39 is 11.0 Å². The molecule has 0 unspecified atom stereocenters. The Labute approximate surface area is 110 Å². The maximum absolute atomic E-state index is 11.1. The van der Waals surface area contributed by atoms with Crippen LogP contribution < -0.4 is 11.1 Å². The smallest absolute Gasteiger partial charge is 0.314 e. The molecule has 2 amide bonds. The molecule has 0 spiro atoms. The van der Waals surface area contributed by atoms with E-state index in [-0.39, 0.29) is 11.7 Å². The average molecular weight is 264 g/mol. The van der Waals surface area contributed by atoms with Crippen LogP contribution in [0.25, 0.3) is 0 Å². The molecule has 102 valence electrons. The minimum Gasteiger partial charge on any atom is -0.381 e. The summed E-state index contributed by atoms with van der Waals surface area (Å²) in [5.41, 5.74) is 6.13. The minimum atomic E-state index is -0.431. The number of nitro benzene ring substituents is 1. The zero-order valence-electron chi connectivity index (χ0n) is 10.4. The number of carbonyl (C=O) groups excluding carboxylic acids is 1. The fourth-order valence-corrected chi connectivity index (χ4v) is 2.21. The standard InChI is InChI=1S/C12H16N4O3/c13-12(17)15-7-1-2-10(8-15)14-9-3-5-11(6-4-9)16(18)19/h3-6,10,14H,1-2,7-8H2,(H2,13,17)/t10-/m0/s1. The largest absolute Gasteiger partial charge is 0.381 e. The van der Waals surface area contributed by atoms with Crippen LogP contribution in [0.4, 0.5) is 16.2 Å². The first-order chi connectivity index (χ1) is 9.06. The first-order valence-corrected chi connectivity index (χ1v) is 6.11. The zero-order valence-corrected chi connectivity index (χ0v) is 10.4. The van der Waals surface area contributed by atoms with Gasteiger partial charge in [0.1, 0.15) is 0 Å². The van der Waals surface area contributed by atoms with Gasteiger partial charge in [0.2, 0.25) is 0 Å². The highest BCUT2D eigenvalue weighted by Crippen LogP contribution is 2.19. The lowest BCUT2D eigenvalue weighted by Gasteiger charge is -2.32. The van der Waals surface area contributed by atoms with Gasteiger partial charge in [-0.3, -0.25) is 10.1 Å². The SMILES string of the molecule is NC(=O)N1CCC[C@H](Nc2ccc([N+](=O)[O-])cc2)C1. The third-order valence-electron chi connectivity index (χ3n) is 3.18. The molecule has 0 saturated carbocycles. The monoisotopic (exact) mass is 264 g/mol. The van der Waals surface area contributed by atoms with Gasteiger partial charge in [-0.15, -0.1) is 0 Å². The number of non-ortho nitro benzene ring substituents is 1. The van der Waals surface area contributed by atoms with E-state index in [0.717, 1.165) is 18.5 Å². The van der Waals surface area contributed by atoms with Crippen LogP contribution >= 0.6 is 0 Å². The molecule has 0 bridgehead atoms. The predicted molar refractivity (Wildman–Crippen MR) is 70.9 cm³/mol. The Bertz CT molecular complexity index is 474. The first kappa shape index (κ1) is 13.1. The van der Waals surface area contributed by atoms with Crippen LogP contribution in [0.2, 0.25) is 0 Å². The van der Waals surface area contributed by atoms with Crippen LogP contribution in [0.15, 0.2) is 24.3 Å². The highest BCUT2D eigenvalue weighted by molar-refractivity contribution is 5.72. The fraction of sp³-hybridized carbons (Fsp3) is 0.417. The molecule has 1 aromatic carbocycles. The Morgan fingerprint density at radius 1 is 1.42 bits per heavy atom. The lowest BCUT2D eigenvalue weighted by molar-refractivity contribution is -0.384. The van der Waals surface area contributed by atoms with E-state index in [9.17, 15) is 14.9 Å². The quantitative estimate of drug-likeness (QED) is 0.638. The molecule has 0 aliphatic carbocycles. The zero-order chi connectivity index (χ0) is 13.8. The Balaban J connectivity index is 1.96. The third kappa shape index (κ3) is 3.34. The molecule has 1 aliphatic heterocycles. The van der Waals surface area contributed by atoms with E-state index in [1.54, 1.807) is 17.0 Å². The molecule has 1 aliphatic rings. The van der Waals surface area contributed by atoms with Crippen LogP contribution in [0.3, 0.4) is 0 Å². The number of primary amides is 1. The van der Waals surface area contributed by atoms with E-state index in [4.69, 9.17) is 5.73 Å². The van der Waals surface area contributed by atoms with Gasteiger partial charge in [-0.1, -0.05) is 0 Å². The number of nitrogens with one attached hydrogen (secondary N) is 1. The van der Waals surface area contributed by atoms with Crippen LogP contribution in [-0.4, -0.2) is 35.0 Å². The molecule has 19 heavy (non-hydrogen) atoms. The summed E-state index contributed by atoms with van der Waals surface area (Å²) in [4.78, 5) is 22.8. The second-order valence-corrected chi connectivity index (χ2v) is 4.57. The minimum absolute atomic E-state index is 0.0629. The topological polar surface area (TPSA) is 102 Å². The number of rotatable bonds is 3. The normalized spacial score (nSPS) is 18.9. The van der Waals surface area contributed by atoms with Crippen molar-refractivity contribution in [3.8, 4) is 0 Å². The number of anilines is 1. The Morgan fingerprint density at radius 2 is 2.11 bits per heavy atom. The van der Waals surface area contributed by atoms with Crippen LogP contribution in [0.1, 0.15) is 12.8 Å². The number of nitrogens with two attached hydrogens (primary N) is 1. The van der Waals surface area contributed by atoms with E-state index >= 15 is 0 Å². The van der Waals surface area contributed by atoms with Crippen LogP contribution in [0, 0.1) is 10.1 Å². The lowest BCUT2D eigenvalue weighted by Crippen LogP contribution is -2.47. The molecule has 7 heteroatoms. The molecular formula is C12H16N4O3. The molecule has 1 aromatic rings. The number of hydrogen-bond donors (Lipinski definition) is 2. The number of hydrogen-bond acceptors (Lipinski definition) is 4. The van der Waals surface area contributed by atoms with E-state index in [2.05, 4.69) is 5.32 Å². The van der Waals surface area contributed by atoms with E-state index in [1.807, 2.05) is 0 Å². The maximum Gasteiger partial charge on any atom is 0.314 e. The number of amides is 2. The Hall–Kier alpha value is -2.31. The van der Waals surface area contributed by atoms with Crippen molar-refractivity contribution < 1.29 is 9.72 Å². The van der Waals surface area contributed by atoms with Gasteiger partial charge in [-0.05, 0) is 25.0 Å². The average Bonchev–Trinajstić information content (AvgIpc) is 2.39. The summed E-state index contributed by atoms with van der Waals surface area (Å²) in [5, 5.41) is 13.8. The number of carbonyl (C=O) groups is 1. The van der Waals surface area contributed by atoms with Crippen molar-refractivity contribution in [2.45, 2.75) is 18.9 Å². The van der Waals surface area contributed by atoms with Crippen molar-refractivity contribution in [1.29, 1.82) is 0 Å². The van der Waals surface area contributed by atoms with Crippen LogP contribution in [-0.2, 0) is 0 Å². The van der Waals surface area contributed by atoms with Crippen molar-refractivity contribution in [3.63, 3.8) is 0 Å². The summed E-state index contributed by atoms with van der Waals surface area (Å²) < 4.78 is 0. The lowest BCUT2D eigenvalue weighted by atomic mass is 10.1. The van der Waals surface area contributed by atoms with Crippen molar-refractivity contribution in [2.75, 3.05) is 18.4 Å². The van der Waals surface area contributed by atoms with Gasteiger partial charge in [0.15, 0.2) is 0 Å². The summed E-state index contributed by atoms with van der Waals surface area (Å²) >= 11 is 0. The number of benzene rings is 1. The summed E-state index contributed by atoms with van der Waals surface area (Å²) in [6, 6.07) is 5.97. The maximum atomic E-state index is 11.1. The predicted octanol–water partition coefficient (Wildman–Crippen LogP) is 1.55. The second-order valence-electron chi connectivity index (χ2n) is 4.57. The fourth-order valence-electron chi connectivity index (χ4n) is 2.21. The van der Waals surface area contributed by atoms with Gasteiger partial charge in [0.05, 0.1) is 4.92 Å². The highest BCUT2D eigenvalue weighted by Gasteiger charge is 2.21. The summed E-state index contributed by atoms with van der Waals surface area (Å²) in [5.74, 6) is 0. The van der Waals surface area contributed by atoms with Gasteiger partial charge in [-0.25, -0.2) is 4.79 Å². The van der Waals surface area contributed by atoms with E-state index in [0.29, 0.717) is 13.1 Å². The number of urea groups is 1. The van der Waals surface area contributed by atoms with Gasteiger partial charge in [0.25, 0.3) is 5.69 Å². The molecule has 2 rings (SSSR count). The third-order valence-corrected chi connectivity index (χ3v) is 3.18. The van der Waals surface area contributed by atoms with Crippen molar-refractivity contribution in [3.05, 3.63) is 34.4 Å². The molecule has 1 atom stereocenters. The molecule has 1 saturated heterocycles. The summed E-state index contributed by atoms with van der Waals surface area (Å²) in [6.07, 6.45) is 1.84. The molecule has 1 heterocycles. The molecule has 0 aromatic heterocycles. The molecule has 3 N–H and O–H groups in total. The Morgan fingerprint density at radius 3 is 2.68 bits per heavy atom. The van der Waals surface area contributed by atoms with Gasteiger partial charge >= 0.3 is 6.03 Å². The van der Waals surface area contributed by atoms with Gasteiger partial charge < -0.3 is 16.0 Å². The summed E-state index contributed by atoms with van der Waals surface area (Å²) in [7, 11) is 0. The van der Waals surface area contributed by atoms with Gasteiger partial charge in [0, 0.05) is 37.0 Å². The van der Waals surface area contributed by atoms with Crippen molar-refractivity contribution in [1.82, 2.24) is 4.90 Å². The van der Waals surface area contributed by atoms with Gasteiger partial charge in [-0.2, -0.15) is 0 Å². The van der Waals surface area contributed by atoms with Crippen LogP contribution in [0.5, 0.6) is 0 Å². The van der Waals surface area contributed by atoms with E-state index in [1.165, 1.54) is 12.1 Å². The molecular weight excluding hydrogens is 248 g/mol. The molecule has 7 nitrogen and oxygen atoms in total. The number of likely N-dealkylation sites (tertiary alicyclic amines) is 1. The number of piperidine rings is 1. The van der Waals surface area contributed by atoms with Crippen molar-refractivity contribution >= 4 is 17.4 Å². The summed E-state index contributed by atoms with van der Waals surface area (Å²) in [6.45, 7) is 1.25. The van der Waals surface area contributed by atoms with Crippen molar-refractivity contribution in [2.24, 2.45) is 5.73 Å². The highest BCUT2D eigenvalue weighted by atomic mass is 16.6. The molecule has 0 radical (unpaired) electrons. The molecule has 1 fully saturated rings.